The molecule has 0 aromatic carbocycles. The summed E-state index contributed by atoms with van der Waals surface area (Å²) in [6.07, 6.45) is 1.36. The summed E-state index contributed by atoms with van der Waals surface area (Å²) in [5.74, 6) is -2.51. The molecule has 1 aliphatic carbocycles. The van der Waals surface area contributed by atoms with E-state index in [9.17, 15) is 8.78 Å². The van der Waals surface area contributed by atoms with E-state index < -0.39 is 11.3 Å². The molecule has 0 aliphatic heterocycles. The average molecular weight is 162 g/mol. The summed E-state index contributed by atoms with van der Waals surface area (Å²) in [7, 11) is 0. The van der Waals surface area contributed by atoms with Crippen LogP contribution >= 0.6 is 0 Å². The highest BCUT2D eigenvalue weighted by molar-refractivity contribution is 5.08. The first-order chi connectivity index (χ1) is 4.71. The van der Waals surface area contributed by atoms with Gasteiger partial charge in [0, 0.05) is 5.41 Å². The molecule has 0 amide bonds. The van der Waals surface area contributed by atoms with Crippen LogP contribution in [-0.4, -0.2) is 5.92 Å². The number of rotatable bonds is 1. The van der Waals surface area contributed by atoms with Crippen LogP contribution in [0.15, 0.2) is 0 Å². The first-order valence-electron chi connectivity index (χ1n) is 4.09. The molecule has 0 bridgehead atoms. The highest BCUT2D eigenvalue weighted by atomic mass is 19.3. The number of hydrogen-bond acceptors (Lipinski definition) is 0. The number of halogens is 2. The fraction of sp³-hybridized carbons (Fsp3) is 1.00. The Morgan fingerprint density at radius 1 is 1.00 bits per heavy atom. The first kappa shape index (κ1) is 8.95. The average Bonchev–Trinajstić information content (AvgIpc) is 2.31. The number of hydrogen-bond donors (Lipinski definition) is 0. The summed E-state index contributed by atoms with van der Waals surface area (Å²) in [5.41, 5.74) is -0.967. The zero-order chi connectivity index (χ0) is 8.91. The van der Waals surface area contributed by atoms with Crippen molar-refractivity contribution in [3.63, 3.8) is 0 Å². The van der Waals surface area contributed by atoms with E-state index in [1.807, 2.05) is 20.8 Å². The third-order valence-corrected chi connectivity index (χ3v) is 3.03. The van der Waals surface area contributed by atoms with Crippen molar-refractivity contribution in [2.75, 3.05) is 0 Å². The Bertz CT molecular complexity index is 139. The van der Waals surface area contributed by atoms with E-state index in [1.165, 1.54) is 0 Å². The SMILES string of the molecule is CC(C)(C)C1(C(C)(F)F)CC1. The summed E-state index contributed by atoms with van der Waals surface area (Å²) in [6, 6.07) is 0. The van der Waals surface area contributed by atoms with Crippen LogP contribution in [0.4, 0.5) is 8.78 Å². The molecule has 1 rings (SSSR count). The Labute approximate surface area is 67.0 Å². The highest BCUT2D eigenvalue weighted by Gasteiger charge is 2.64. The third-order valence-electron chi connectivity index (χ3n) is 3.03. The van der Waals surface area contributed by atoms with Crippen molar-refractivity contribution in [3.05, 3.63) is 0 Å². The van der Waals surface area contributed by atoms with E-state index in [4.69, 9.17) is 0 Å². The van der Waals surface area contributed by atoms with Gasteiger partial charge in [-0.3, -0.25) is 0 Å². The molecule has 2 heteroatoms. The first-order valence-corrected chi connectivity index (χ1v) is 4.09. The third kappa shape index (κ3) is 1.17. The molecular formula is C9H16F2. The van der Waals surface area contributed by atoms with Crippen LogP contribution < -0.4 is 0 Å². The van der Waals surface area contributed by atoms with Crippen molar-refractivity contribution in [1.29, 1.82) is 0 Å². The van der Waals surface area contributed by atoms with Gasteiger partial charge in [0.25, 0.3) is 5.92 Å². The number of alkyl halides is 2. The lowest BCUT2D eigenvalue weighted by Crippen LogP contribution is -2.37. The van der Waals surface area contributed by atoms with Gasteiger partial charge in [0.15, 0.2) is 0 Å². The van der Waals surface area contributed by atoms with Crippen LogP contribution in [0, 0.1) is 10.8 Å². The molecular weight excluding hydrogens is 146 g/mol. The minimum absolute atomic E-state index is 0.259. The lowest BCUT2D eigenvalue weighted by Gasteiger charge is -2.35. The highest BCUT2D eigenvalue weighted by Crippen LogP contribution is 2.66. The van der Waals surface area contributed by atoms with Gasteiger partial charge in [-0.1, -0.05) is 20.8 Å². The Morgan fingerprint density at radius 2 is 1.36 bits per heavy atom. The van der Waals surface area contributed by atoms with Gasteiger partial charge in [0.1, 0.15) is 0 Å². The maximum atomic E-state index is 13.1. The van der Waals surface area contributed by atoms with Crippen molar-refractivity contribution in [3.8, 4) is 0 Å². The molecule has 1 fully saturated rings. The van der Waals surface area contributed by atoms with Crippen LogP contribution in [0.2, 0.25) is 0 Å². The molecule has 0 heterocycles. The standard InChI is InChI=1S/C9H16F2/c1-7(2,3)9(5-6-9)8(4,10)11/h5-6H2,1-4H3. The molecule has 66 valence electrons. The maximum Gasteiger partial charge on any atom is 0.251 e. The van der Waals surface area contributed by atoms with Crippen LogP contribution in [0.25, 0.3) is 0 Å². The van der Waals surface area contributed by atoms with Crippen molar-refractivity contribution in [2.45, 2.75) is 46.5 Å². The summed E-state index contributed by atoms with van der Waals surface area (Å²) >= 11 is 0. The minimum Gasteiger partial charge on any atom is -0.207 e. The molecule has 0 N–H and O–H groups in total. The van der Waals surface area contributed by atoms with Crippen molar-refractivity contribution in [2.24, 2.45) is 10.8 Å². The van der Waals surface area contributed by atoms with E-state index >= 15 is 0 Å². The van der Waals surface area contributed by atoms with Crippen molar-refractivity contribution in [1.82, 2.24) is 0 Å². The fourth-order valence-electron chi connectivity index (χ4n) is 1.97. The lowest BCUT2D eigenvalue weighted by atomic mass is 9.74. The second-order valence-electron chi connectivity index (χ2n) is 4.72. The van der Waals surface area contributed by atoms with E-state index in [0.717, 1.165) is 6.92 Å². The zero-order valence-electron chi connectivity index (χ0n) is 7.67. The van der Waals surface area contributed by atoms with Crippen molar-refractivity contribution >= 4 is 0 Å². The second-order valence-corrected chi connectivity index (χ2v) is 4.72. The molecule has 0 radical (unpaired) electrons. The molecule has 0 nitrogen and oxygen atoms in total. The van der Waals surface area contributed by atoms with Gasteiger partial charge in [-0.05, 0) is 25.2 Å². The van der Waals surface area contributed by atoms with Gasteiger partial charge in [-0.15, -0.1) is 0 Å². The van der Waals surface area contributed by atoms with Gasteiger partial charge in [-0.2, -0.15) is 0 Å². The van der Waals surface area contributed by atoms with E-state index in [1.54, 1.807) is 0 Å². The van der Waals surface area contributed by atoms with E-state index in [-0.39, 0.29) is 5.41 Å². The summed E-state index contributed by atoms with van der Waals surface area (Å²) in [4.78, 5) is 0. The normalized spacial score (nSPS) is 23.5. The van der Waals surface area contributed by atoms with Crippen LogP contribution in [-0.2, 0) is 0 Å². The largest absolute Gasteiger partial charge is 0.251 e. The molecule has 1 aliphatic rings. The van der Waals surface area contributed by atoms with Gasteiger partial charge in [0.2, 0.25) is 0 Å². The molecule has 0 atom stereocenters. The van der Waals surface area contributed by atoms with E-state index in [2.05, 4.69) is 0 Å². The Balaban J connectivity index is 2.85. The quantitative estimate of drug-likeness (QED) is 0.553. The Morgan fingerprint density at radius 3 is 1.36 bits per heavy atom. The van der Waals surface area contributed by atoms with Gasteiger partial charge in [-0.25, -0.2) is 8.78 Å². The zero-order valence-corrected chi connectivity index (χ0v) is 7.67. The molecule has 0 spiro atoms. The Kier molecular flexibility index (Phi) is 1.60. The predicted molar refractivity (Wildman–Crippen MR) is 41.7 cm³/mol. The van der Waals surface area contributed by atoms with Crippen LogP contribution in [0.5, 0.6) is 0 Å². The van der Waals surface area contributed by atoms with Crippen molar-refractivity contribution < 1.29 is 8.78 Å². The van der Waals surface area contributed by atoms with Gasteiger partial charge in [0.05, 0.1) is 0 Å². The van der Waals surface area contributed by atoms with Crippen LogP contribution in [0.3, 0.4) is 0 Å². The topological polar surface area (TPSA) is 0 Å². The monoisotopic (exact) mass is 162 g/mol. The predicted octanol–water partition coefficient (Wildman–Crippen LogP) is 3.47. The minimum atomic E-state index is -2.51. The molecule has 0 saturated heterocycles. The Hall–Kier alpha value is -0.140. The summed E-state index contributed by atoms with van der Waals surface area (Å²) in [6.45, 7) is 6.75. The van der Waals surface area contributed by atoms with Crippen LogP contribution in [0.1, 0.15) is 40.5 Å². The molecule has 0 unspecified atom stereocenters. The van der Waals surface area contributed by atoms with E-state index in [0.29, 0.717) is 12.8 Å². The lowest BCUT2D eigenvalue weighted by molar-refractivity contribution is -0.100. The van der Waals surface area contributed by atoms with Gasteiger partial charge >= 0.3 is 0 Å². The summed E-state index contributed by atoms with van der Waals surface area (Å²) in [5, 5.41) is 0. The molecule has 0 aromatic heterocycles. The molecule has 11 heavy (non-hydrogen) atoms. The molecule has 0 aromatic rings. The fourth-order valence-corrected chi connectivity index (χ4v) is 1.97. The second kappa shape index (κ2) is 1.96. The smallest absolute Gasteiger partial charge is 0.207 e. The maximum absolute atomic E-state index is 13.1. The molecule has 1 saturated carbocycles. The summed E-state index contributed by atoms with van der Waals surface area (Å²) < 4.78 is 26.1. The van der Waals surface area contributed by atoms with Gasteiger partial charge < -0.3 is 0 Å².